The molecule has 4 aliphatic rings. The molecule has 1 amide bonds. The Morgan fingerprint density at radius 3 is 2.30 bits per heavy atom. The third-order valence-corrected chi connectivity index (χ3v) is 15.0. The fraction of sp³-hybridized carbons (Fsp3) is 0.456. The lowest BCUT2D eigenvalue weighted by molar-refractivity contribution is -0.166. The number of anilines is 2. The lowest BCUT2D eigenvalue weighted by Gasteiger charge is -2.38. The van der Waals surface area contributed by atoms with E-state index in [9.17, 15) is 44.4 Å². The molecule has 0 saturated carbocycles. The number of piperazine rings is 1. The Kier molecular flexibility index (Phi) is 16.4. The minimum absolute atomic E-state index is 0.0163. The van der Waals surface area contributed by atoms with Crippen LogP contribution in [0.15, 0.2) is 86.8 Å². The Morgan fingerprint density at radius 1 is 0.922 bits per heavy atom. The van der Waals surface area contributed by atoms with E-state index >= 15 is 0 Å². The summed E-state index contributed by atoms with van der Waals surface area (Å²) in [6.45, 7) is 18.4. The van der Waals surface area contributed by atoms with Crippen molar-refractivity contribution in [2.45, 2.75) is 92.5 Å². The van der Waals surface area contributed by atoms with Crippen LogP contribution in [-0.4, -0.2) is 130 Å². The number of fused-ring (bicyclic) bond motifs is 14. The van der Waals surface area contributed by atoms with Crippen LogP contribution in [0.25, 0.3) is 38.7 Å². The second kappa shape index (κ2) is 22.7. The topological polar surface area (TPSA) is 270 Å². The third-order valence-electron chi connectivity index (χ3n) is 15.0. The quantitative estimate of drug-likeness (QED) is 0.0722. The van der Waals surface area contributed by atoms with E-state index < -0.39 is 106 Å². The lowest BCUT2D eigenvalue weighted by Crippen LogP contribution is -2.47. The number of pyridine rings is 1. The molecule has 0 radical (unpaired) electrons. The number of hydrogen-bond donors (Lipinski definition) is 5. The molecule has 2 aromatic heterocycles. The number of aliphatic hydroxyl groups excluding tert-OH is 3. The number of nitrogens with zero attached hydrogens (tertiary/aromatic N) is 4. The average Bonchev–Trinajstić information content (AvgIpc) is 3.84. The van der Waals surface area contributed by atoms with Crippen LogP contribution in [0.5, 0.6) is 11.5 Å². The maximum absolute atomic E-state index is 15.0. The molecule has 1 fully saturated rings. The molecule has 6 heterocycles. The van der Waals surface area contributed by atoms with Crippen molar-refractivity contribution in [3.05, 3.63) is 110 Å². The van der Waals surface area contributed by atoms with Gasteiger partial charge in [-0.3, -0.25) is 24.3 Å². The number of hydrogen-bond acceptors (Lipinski definition) is 19. The molecule has 3 aromatic carbocycles. The monoisotopic (exact) mass is 1060 g/mol. The van der Waals surface area contributed by atoms with Gasteiger partial charge >= 0.3 is 17.7 Å². The number of rotatable bonds is 8. The minimum Gasteiger partial charge on any atom is -0.507 e. The Morgan fingerprint density at radius 2 is 1.62 bits per heavy atom. The van der Waals surface area contributed by atoms with Crippen molar-refractivity contribution in [2.24, 2.45) is 29.6 Å². The Bertz CT molecular complexity index is 3370. The molecule has 9 atom stereocenters. The predicted octanol–water partition coefficient (Wildman–Crippen LogP) is 5.57. The van der Waals surface area contributed by atoms with Crippen LogP contribution in [0, 0.1) is 36.5 Å². The summed E-state index contributed by atoms with van der Waals surface area (Å²) in [6.07, 6.45) is 5.53. The highest BCUT2D eigenvalue weighted by Gasteiger charge is 2.44. The van der Waals surface area contributed by atoms with Crippen molar-refractivity contribution >= 4 is 68.0 Å². The number of phenols is 1. The molecule has 20 nitrogen and oxygen atoms in total. The molecule has 0 aliphatic carbocycles. The number of carbonyl (C=O) groups is 3. The molecule has 9 unspecified atom stereocenters. The summed E-state index contributed by atoms with van der Waals surface area (Å²) in [5, 5.41) is 49.9. The Labute approximate surface area is 444 Å². The maximum Gasteiger partial charge on any atom is 0.344 e. The molecular weight excluding hydrogens is 995 g/mol. The number of amides is 1. The van der Waals surface area contributed by atoms with Gasteiger partial charge in [-0.25, -0.2) is 14.6 Å². The zero-order valence-corrected chi connectivity index (χ0v) is 44.9. The summed E-state index contributed by atoms with van der Waals surface area (Å²) >= 11 is 0. The van der Waals surface area contributed by atoms with Crippen LogP contribution in [0.2, 0.25) is 0 Å². The van der Waals surface area contributed by atoms with Crippen LogP contribution in [0.3, 0.4) is 0 Å². The van der Waals surface area contributed by atoms with Gasteiger partial charge in [-0.1, -0.05) is 59.8 Å². The highest BCUT2D eigenvalue weighted by Crippen LogP contribution is 2.42. The summed E-state index contributed by atoms with van der Waals surface area (Å²) < 4.78 is 36.1. The van der Waals surface area contributed by atoms with Gasteiger partial charge in [-0.05, 0) is 38.0 Å². The van der Waals surface area contributed by atoms with Gasteiger partial charge in [-0.15, -0.1) is 0 Å². The van der Waals surface area contributed by atoms with Crippen molar-refractivity contribution in [3.63, 3.8) is 0 Å². The van der Waals surface area contributed by atoms with E-state index in [-0.39, 0.29) is 60.6 Å². The standard InChI is InChI=1S/C57H67N5O15/c1-28(2)26-61-19-21-62(22-20-61)36-24-37(63)44-39(25-36)75-53-45(59-44)41-42-49(67)34(8)52-43(41)54(69)57(9,77-52)74-23-16-38(72-10)31(5)51(76-40(64)27-73-56(71)35-14-17-58-18-15-35)33(7)48(66)32(6)47(65)29(3)12-11-13-30(4)55(70)60-46(53)50(42)68/h11-18,23-25,28-29,31-33,38,47-48,51,65-67,69H,19-22,26-27H2,1-10H3,(H,60,70). The number of aromatic hydroxyl groups is 1. The van der Waals surface area contributed by atoms with Gasteiger partial charge in [0.2, 0.25) is 10.9 Å². The van der Waals surface area contributed by atoms with E-state index in [4.69, 9.17) is 33.1 Å². The first kappa shape index (κ1) is 55.8. The number of nitrogens with one attached hydrogen (secondary N) is 1. The van der Waals surface area contributed by atoms with E-state index in [1.165, 1.54) is 76.9 Å². The number of aromatic nitrogens is 2. The molecule has 5 bridgehead atoms. The molecule has 410 valence electrons. The zero-order valence-electron chi connectivity index (χ0n) is 44.9. The number of ether oxygens (including phenoxy) is 5. The highest BCUT2D eigenvalue weighted by atomic mass is 16.7. The second-order valence-electron chi connectivity index (χ2n) is 20.9. The molecular formula is C57H67N5O15. The van der Waals surface area contributed by atoms with Crippen molar-refractivity contribution in [1.29, 1.82) is 0 Å². The van der Waals surface area contributed by atoms with Gasteiger partial charge in [0.25, 0.3) is 5.91 Å². The number of benzene rings is 3. The fourth-order valence-corrected chi connectivity index (χ4v) is 10.5. The first-order chi connectivity index (χ1) is 36.5. The van der Waals surface area contributed by atoms with Gasteiger partial charge in [-0.2, -0.15) is 0 Å². The number of allylic oxidation sites excluding steroid dienone is 2. The van der Waals surface area contributed by atoms with Crippen LogP contribution in [0.4, 0.5) is 11.4 Å². The third kappa shape index (κ3) is 11.1. The number of carbonyl (C=O) groups excluding carboxylic acids is 3. The normalized spacial score (nSPS) is 25.8. The smallest absolute Gasteiger partial charge is 0.344 e. The molecule has 0 spiro atoms. The molecule has 5 N–H and O–H groups in total. The molecule has 1 saturated heterocycles. The molecule has 9 rings (SSSR count). The maximum atomic E-state index is 15.0. The Hall–Kier alpha value is -7.39. The number of methoxy groups -OCH3 is 1. The largest absolute Gasteiger partial charge is 0.507 e. The van der Waals surface area contributed by atoms with E-state index in [0.717, 1.165) is 19.6 Å². The van der Waals surface area contributed by atoms with Gasteiger partial charge in [0.1, 0.15) is 28.8 Å². The number of esters is 2. The predicted molar refractivity (Wildman–Crippen MR) is 287 cm³/mol. The van der Waals surface area contributed by atoms with Crippen LogP contribution >= 0.6 is 0 Å². The van der Waals surface area contributed by atoms with E-state index in [1.807, 2.05) is 0 Å². The molecule has 5 aromatic rings. The zero-order chi connectivity index (χ0) is 55.8. The number of phenolic OH excluding ortho intramolecular Hbond substituents is 1. The number of aliphatic hydroxyl groups is 3. The molecule has 4 aliphatic heterocycles. The van der Waals surface area contributed by atoms with E-state index in [1.54, 1.807) is 45.9 Å². The van der Waals surface area contributed by atoms with E-state index in [2.05, 4.69) is 33.9 Å². The summed E-state index contributed by atoms with van der Waals surface area (Å²) in [5.41, 5.74) is -1.46. The average molecular weight is 1060 g/mol. The molecule has 77 heavy (non-hydrogen) atoms. The SMILES string of the molecule is COC1C=COC2(C)Oc3c(C)c(O)c4c(=O)c(c5oc6cc(N7CCN(CC(C)C)CC7)cc(=O)c6nc5c4c3=C2O)NC(=O)C(C)=CC=CC(C)C(O)C(C)C(O)C(C)C(OC(=O)COC(=O)c2ccncc2)C1C. The van der Waals surface area contributed by atoms with Gasteiger partial charge in [0.15, 0.2) is 29.0 Å². The summed E-state index contributed by atoms with van der Waals surface area (Å²) in [7, 11) is 1.39. The summed E-state index contributed by atoms with van der Waals surface area (Å²) in [6, 6.07) is 5.98. The van der Waals surface area contributed by atoms with Crippen LogP contribution in [0.1, 0.15) is 71.3 Å². The first-order valence-corrected chi connectivity index (χ1v) is 25.7. The first-order valence-electron chi connectivity index (χ1n) is 25.7. The minimum atomic E-state index is -2.06. The van der Waals surface area contributed by atoms with Crippen LogP contribution < -0.4 is 31.0 Å². The van der Waals surface area contributed by atoms with Crippen molar-refractivity contribution < 1.29 is 62.9 Å². The van der Waals surface area contributed by atoms with Crippen LogP contribution in [-0.2, 0) is 28.5 Å². The van der Waals surface area contributed by atoms with Crippen molar-refractivity contribution in [1.82, 2.24) is 14.9 Å². The molecule has 20 heteroatoms. The van der Waals surface area contributed by atoms with Gasteiger partial charge < -0.3 is 58.7 Å². The van der Waals surface area contributed by atoms with Crippen molar-refractivity contribution in [2.75, 3.05) is 56.7 Å². The Balaban J connectivity index is 1.26. The van der Waals surface area contributed by atoms with Crippen molar-refractivity contribution in [3.8, 4) is 11.5 Å². The lowest BCUT2D eigenvalue weighted by atomic mass is 9.78. The fourth-order valence-electron chi connectivity index (χ4n) is 10.5. The summed E-state index contributed by atoms with van der Waals surface area (Å²) in [4.78, 5) is 82.6. The van der Waals surface area contributed by atoms with E-state index in [0.29, 0.717) is 24.7 Å². The highest BCUT2D eigenvalue weighted by molar-refractivity contribution is 6.17. The van der Waals surface area contributed by atoms with Gasteiger partial charge in [0, 0.05) is 117 Å². The second-order valence-corrected chi connectivity index (χ2v) is 20.9. The van der Waals surface area contributed by atoms with Gasteiger partial charge in [0.05, 0.1) is 40.7 Å². The summed E-state index contributed by atoms with van der Waals surface area (Å²) in [5.74, 6) is -8.37.